The topological polar surface area (TPSA) is 159 Å². The number of carboxylic acid groups (broad SMARTS) is 2. The highest BCUT2D eigenvalue weighted by Crippen LogP contribution is 2.26. The summed E-state index contributed by atoms with van der Waals surface area (Å²) in [6.45, 7) is 3.95. The van der Waals surface area contributed by atoms with Crippen molar-refractivity contribution in [2.24, 2.45) is 0 Å². The van der Waals surface area contributed by atoms with Gasteiger partial charge in [-0.2, -0.15) is 9.97 Å². The van der Waals surface area contributed by atoms with E-state index in [2.05, 4.69) is 56.3 Å². The molecule has 0 atom stereocenters. The van der Waals surface area contributed by atoms with E-state index in [9.17, 15) is 0 Å². The Hall–Kier alpha value is -3.98. The molecule has 2 aliphatic heterocycles. The summed E-state index contributed by atoms with van der Waals surface area (Å²) in [7, 11) is 4.20. The van der Waals surface area contributed by atoms with Crippen LogP contribution in [0.1, 0.15) is 24.6 Å². The summed E-state index contributed by atoms with van der Waals surface area (Å²) in [5.74, 6) is -0.974. The molecular weight excluding hydrogens is 556 g/mol. The number of hydrogen-bond donors (Lipinski definition) is 2. The van der Waals surface area contributed by atoms with Crippen molar-refractivity contribution in [1.82, 2.24) is 30.1 Å². The van der Waals surface area contributed by atoms with Crippen molar-refractivity contribution in [3.05, 3.63) is 59.0 Å². The number of carboxylic acids is 2. The Morgan fingerprint density at radius 2 is 1.20 bits per heavy atom. The highest BCUT2D eigenvalue weighted by atomic mass is 32.1. The van der Waals surface area contributed by atoms with Crippen LogP contribution in [0.4, 0.5) is 0 Å². The van der Waals surface area contributed by atoms with Crippen LogP contribution in [-0.2, 0) is 9.59 Å². The largest absolute Gasteiger partial charge is 0.473 e. The van der Waals surface area contributed by atoms with Crippen molar-refractivity contribution < 1.29 is 28.8 Å². The number of rotatable bonds is 4. The van der Waals surface area contributed by atoms with E-state index in [0.717, 1.165) is 59.9 Å². The maximum atomic E-state index is 9.10. The van der Waals surface area contributed by atoms with E-state index in [0.29, 0.717) is 23.4 Å². The second kappa shape index (κ2) is 13.9. The number of nitrogens with zero attached hydrogens (tertiary/aromatic N) is 6. The third kappa shape index (κ3) is 8.02. The van der Waals surface area contributed by atoms with E-state index in [1.54, 1.807) is 22.7 Å². The fraction of sp³-hybridized carbons (Fsp3) is 0.308. The minimum Gasteiger partial charge on any atom is -0.473 e. The second-order valence-electron chi connectivity index (χ2n) is 8.92. The molecule has 14 heteroatoms. The lowest BCUT2D eigenvalue weighted by molar-refractivity contribution is -0.159. The Labute approximate surface area is 237 Å². The van der Waals surface area contributed by atoms with E-state index < -0.39 is 11.9 Å². The van der Waals surface area contributed by atoms with Gasteiger partial charge in [0.2, 0.25) is 11.6 Å². The molecule has 0 unspecified atom stereocenters. The Balaban J connectivity index is 0.000000155. The highest BCUT2D eigenvalue weighted by Gasteiger charge is 2.18. The van der Waals surface area contributed by atoms with Crippen LogP contribution < -0.4 is 0 Å². The molecule has 210 valence electrons. The van der Waals surface area contributed by atoms with Crippen LogP contribution in [0.2, 0.25) is 0 Å². The molecule has 0 amide bonds. The van der Waals surface area contributed by atoms with Crippen molar-refractivity contribution in [2.45, 2.75) is 12.8 Å². The lowest BCUT2D eigenvalue weighted by Crippen LogP contribution is -2.25. The Bertz CT molecular complexity index is 1350. The van der Waals surface area contributed by atoms with Gasteiger partial charge in [0.15, 0.2) is 0 Å². The second-order valence-corrected chi connectivity index (χ2v) is 10.8. The average molecular weight is 585 g/mol. The van der Waals surface area contributed by atoms with Crippen LogP contribution in [0.3, 0.4) is 0 Å². The lowest BCUT2D eigenvalue weighted by Gasteiger charge is -2.20. The van der Waals surface area contributed by atoms with Gasteiger partial charge in [-0.25, -0.2) is 9.59 Å². The smallest absolute Gasteiger partial charge is 0.414 e. The summed E-state index contributed by atoms with van der Waals surface area (Å²) in [6, 6.07) is 7.98. The van der Waals surface area contributed by atoms with Gasteiger partial charge in [0.1, 0.15) is 0 Å². The van der Waals surface area contributed by atoms with E-state index in [1.165, 1.54) is 0 Å². The SMILES string of the molecule is CN1CCC=C(c2nc(-c3cccs3)no2)C1.CN1CCC=C(c2nc(-c3cccs3)no2)C1.O=C(O)C(=O)O. The molecule has 0 saturated heterocycles. The average Bonchev–Trinajstić information content (AvgIpc) is 3.77. The van der Waals surface area contributed by atoms with Gasteiger partial charge in [-0.05, 0) is 49.8 Å². The summed E-state index contributed by atoms with van der Waals surface area (Å²) in [5, 5.41) is 26.9. The molecule has 4 aromatic heterocycles. The van der Waals surface area contributed by atoms with E-state index in [1.807, 2.05) is 35.0 Å². The summed E-state index contributed by atoms with van der Waals surface area (Å²) in [4.78, 5) is 33.7. The monoisotopic (exact) mass is 584 g/mol. The van der Waals surface area contributed by atoms with Crippen molar-refractivity contribution >= 4 is 45.8 Å². The fourth-order valence-electron chi connectivity index (χ4n) is 3.82. The van der Waals surface area contributed by atoms with E-state index in [4.69, 9.17) is 28.8 Å². The summed E-state index contributed by atoms with van der Waals surface area (Å²) in [5.41, 5.74) is 2.27. The first-order chi connectivity index (χ1) is 19.3. The highest BCUT2D eigenvalue weighted by molar-refractivity contribution is 7.13. The summed E-state index contributed by atoms with van der Waals surface area (Å²) in [6.07, 6.45) is 6.46. The molecule has 0 fully saturated rings. The Kier molecular flexibility index (Phi) is 10.1. The van der Waals surface area contributed by atoms with Gasteiger partial charge in [-0.1, -0.05) is 34.6 Å². The number of aromatic nitrogens is 4. The maximum Gasteiger partial charge on any atom is 0.414 e. The zero-order valence-electron chi connectivity index (χ0n) is 21.9. The van der Waals surface area contributed by atoms with Crippen molar-refractivity contribution in [3.8, 4) is 21.4 Å². The maximum absolute atomic E-state index is 9.10. The van der Waals surface area contributed by atoms with Crippen molar-refractivity contribution in [1.29, 1.82) is 0 Å². The molecule has 0 aromatic carbocycles. The minimum atomic E-state index is -1.82. The van der Waals surface area contributed by atoms with Gasteiger partial charge in [-0.3, -0.25) is 0 Å². The molecule has 0 bridgehead atoms. The summed E-state index contributed by atoms with van der Waals surface area (Å²) >= 11 is 3.24. The molecule has 6 rings (SSSR count). The third-order valence-electron chi connectivity index (χ3n) is 5.75. The van der Waals surface area contributed by atoms with Gasteiger partial charge in [0.25, 0.3) is 11.8 Å². The molecule has 4 aromatic rings. The van der Waals surface area contributed by atoms with Crippen LogP contribution in [0.5, 0.6) is 0 Å². The van der Waals surface area contributed by atoms with E-state index >= 15 is 0 Å². The number of likely N-dealkylation sites (N-methyl/N-ethyl adjacent to an activating group) is 2. The first kappa shape index (κ1) is 29.0. The fourth-order valence-corrected chi connectivity index (χ4v) is 5.11. The predicted octanol–water partition coefficient (Wildman–Crippen LogP) is 4.19. The van der Waals surface area contributed by atoms with Gasteiger partial charge >= 0.3 is 11.9 Å². The number of aliphatic carboxylic acids is 2. The van der Waals surface area contributed by atoms with Gasteiger partial charge in [0, 0.05) is 37.3 Å². The molecule has 40 heavy (non-hydrogen) atoms. The van der Waals surface area contributed by atoms with Crippen LogP contribution in [0, 0.1) is 0 Å². The molecule has 6 heterocycles. The normalized spacial score (nSPS) is 15.7. The number of carbonyl (C=O) groups is 2. The van der Waals surface area contributed by atoms with Crippen LogP contribution in [0.25, 0.3) is 32.5 Å². The zero-order chi connectivity index (χ0) is 28.5. The molecule has 12 nitrogen and oxygen atoms in total. The van der Waals surface area contributed by atoms with E-state index in [-0.39, 0.29) is 0 Å². The molecule has 2 N–H and O–H groups in total. The van der Waals surface area contributed by atoms with Crippen LogP contribution in [0.15, 0.2) is 56.2 Å². The van der Waals surface area contributed by atoms with Gasteiger partial charge < -0.3 is 29.1 Å². The van der Waals surface area contributed by atoms with Crippen molar-refractivity contribution in [2.75, 3.05) is 40.3 Å². The van der Waals surface area contributed by atoms with Gasteiger partial charge in [-0.15, -0.1) is 22.7 Å². The molecular formula is C26H28N6O6S2. The minimum absolute atomic E-state index is 0.653. The standard InChI is InChI=1S/2C12H13N3OS.C2H2O4/c2*1-15-6-2-4-9(8-15)12-13-11(14-16-12)10-5-3-7-17-10;3-1(4)2(5)6/h2*3-5,7H,2,6,8H2,1H3;(H,3,4)(H,5,6). The third-order valence-corrected chi connectivity index (χ3v) is 7.48. The molecule has 0 spiro atoms. The van der Waals surface area contributed by atoms with Crippen LogP contribution in [-0.4, -0.2) is 92.5 Å². The predicted molar refractivity (Wildman–Crippen MR) is 151 cm³/mol. The molecule has 2 aliphatic rings. The molecule has 0 aliphatic carbocycles. The zero-order valence-corrected chi connectivity index (χ0v) is 23.5. The Morgan fingerprint density at radius 1 is 0.775 bits per heavy atom. The van der Waals surface area contributed by atoms with Gasteiger partial charge in [0.05, 0.1) is 9.75 Å². The quantitative estimate of drug-likeness (QED) is 0.330. The van der Waals surface area contributed by atoms with Crippen molar-refractivity contribution in [3.63, 3.8) is 0 Å². The lowest BCUT2D eigenvalue weighted by atomic mass is 10.1. The molecule has 0 radical (unpaired) electrons. The number of hydrogen-bond acceptors (Lipinski definition) is 12. The van der Waals surface area contributed by atoms with Crippen LogP contribution >= 0.6 is 22.7 Å². The summed E-state index contributed by atoms with van der Waals surface area (Å²) < 4.78 is 10.7. The molecule has 0 saturated carbocycles. The Morgan fingerprint density at radius 3 is 1.52 bits per heavy atom. The first-order valence-corrected chi connectivity index (χ1v) is 14.0. The first-order valence-electron chi connectivity index (χ1n) is 12.3. The number of thiophene rings is 2.